The van der Waals surface area contributed by atoms with Crippen LogP contribution in [0, 0.1) is 24.1 Å². The molecule has 0 atom stereocenters. The van der Waals surface area contributed by atoms with E-state index in [4.69, 9.17) is 5.26 Å². The quantitative estimate of drug-likeness (QED) is 0.718. The third-order valence-electron chi connectivity index (χ3n) is 4.37. The number of rotatable bonds is 5. The number of hydrogen-bond acceptors (Lipinski definition) is 3. The highest BCUT2D eigenvalue weighted by atomic mass is 19.1. The Kier molecular flexibility index (Phi) is 4.68. The van der Waals surface area contributed by atoms with Crippen molar-refractivity contribution in [2.75, 3.05) is 7.05 Å². The molecule has 0 N–H and O–H groups in total. The normalized spacial score (nSPS) is 11.0. The maximum Gasteiger partial charge on any atom is 0.123 e. The van der Waals surface area contributed by atoms with Gasteiger partial charge in [0.2, 0.25) is 0 Å². The predicted octanol–water partition coefficient (Wildman–Crippen LogP) is 3.16. The molecule has 25 heavy (non-hydrogen) atoms. The summed E-state index contributed by atoms with van der Waals surface area (Å²) in [6.07, 6.45) is 3.76. The third kappa shape index (κ3) is 3.62. The molecule has 0 radical (unpaired) electrons. The molecule has 5 nitrogen and oxygen atoms in total. The minimum Gasteiger partial charge on any atom is -0.340 e. The largest absolute Gasteiger partial charge is 0.340 e. The summed E-state index contributed by atoms with van der Waals surface area (Å²) in [6, 6.07) is 10.4. The molecule has 2 aromatic heterocycles. The van der Waals surface area contributed by atoms with E-state index >= 15 is 0 Å². The van der Waals surface area contributed by atoms with E-state index in [0.717, 1.165) is 35.6 Å². The lowest BCUT2D eigenvalue weighted by Gasteiger charge is -2.15. The summed E-state index contributed by atoms with van der Waals surface area (Å²) in [7, 11) is 3.94. The molecule has 3 aromatic rings. The van der Waals surface area contributed by atoms with E-state index in [1.807, 2.05) is 44.0 Å². The third-order valence-corrected chi connectivity index (χ3v) is 4.37. The van der Waals surface area contributed by atoms with E-state index in [1.54, 1.807) is 16.8 Å². The summed E-state index contributed by atoms with van der Waals surface area (Å²) >= 11 is 0. The molecule has 0 spiro atoms. The topological polar surface area (TPSA) is 49.8 Å². The van der Waals surface area contributed by atoms with Gasteiger partial charge in [0.15, 0.2) is 0 Å². The number of benzene rings is 1. The molecule has 0 amide bonds. The summed E-state index contributed by atoms with van der Waals surface area (Å²) in [5.74, 6) is -0.258. The Bertz CT molecular complexity index is 914. The Labute approximate surface area is 146 Å². The van der Waals surface area contributed by atoms with Crippen molar-refractivity contribution in [3.8, 4) is 11.8 Å². The second-order valence-corrected chi connectivity index (χ2v) is 6.25. The maximum atomic E-state index is 13.0. The smallest absolute Gasteiger partial charge is 0.123 e. The van der Waals surface area contributed by atoms with Crippen molar-refractivity contribution in [3.05, 3.63) is 71.1 Å². The van der Waals surface area contributed by atoms with Crippen LogP contribution in [0.3, 0.4) is 0 Å². The number of nitriles is 1. The van der Waals surface area contributed by atoms with Crippen molar-refractivity contribution in [2.45, 2.75) is 20.0 Å². The monoisotopic (exact) mass is 337 g/mol. The average molecular weight is 337 g/mol. The highest BCUT2D eigenvalue weighted by Gasteiger charge is 2.11. The van der Waals surface area contributed by atoms with Gasteiger partial charge in [-0.3, -0.25) is 4.90 Å². The molecule has 0 saturated carbocycles. The Morgan fingerprint density at radius 1 is 1.24 bits per heavy atom. The highest BCUT2D eigenvalue weighted by molar-refractivity contribution is 5.34. The summed E-state index contributed by atoms with van der Waals surface area (Å²) < 4.78 is 16.7. The summed E-state index contributed by atoms with van der Waals surface area (Å²) in [5.41, 5.74) is 4.82. The minimum absolute atomic E-state index is 0.258. The van der Waals surface area contributed by atoms with Crippen molar-refractivity contribution in [3.63, 3.8) is 0 Å². The van der Waals surface area contributed by atoms with Crippen molar-refractivity contribution in [1.29, 1.82) is 5.26 Å². The van der Waals surface area contributed by atoms with Crippen LogP contribution in [0.1, 0.15) is 22.5 Å². The Hall–Kier alpha value is -2.91. The molecule has 0 aliphatic heterocycles. The Morgan fingerprint density at radius 3 is 2.60 bits per heavy atom. The first-order chi connectivity index (χ1) is 12.0. The first-order valence-electron chi connectivity index (χ1n) is 8.01. The lowest BCUT2D eigenvalue weighted by atomic mass is 10.2. The maximum absolute atomic E-state index is 13.0. The van der Waals surface area contributed by atoms with Gasteiger partial charge in [0.25, 0.3) is 0 Å². The average Bonchev–Trinajstić information content (AvgIpc) is 3.15. The van der Waals surface area contributed by atoms with Gasteiger partial charge in [-0.15, -0.1) is 0 Å². The molecule has 0 aliphatic carbocycles. The summed E-state index contributed by atoms with van der Waals surface area (Å²) in [5, 5.41) is 13.5. The molecule has 1 aromatic carbocycles. The molecule has 2 heterocycles. The standard InChI is InChI=1S/C19H20FN5/c1-14-16(8-19(9-21)24(14)3)13-23(2)11-15-10-22-25(12-15)18-6-4-17(20)5-7-18/h4-8,10,12H,11,13H2,1-3H3. The van der Waals surface area contributed by atoms with E-state index in [9.17, 15) is 4.39 Å². The van der Waals surface area contributed by atoms with Crippen LogP contribution in [0.25, 0.3) is 5.69 Å². The zero-order valence-electron chi connectivity index (χ0n) is 14.6. The lowest BCUT2D eigenvalue weighted by molar-refractivity contribution is 0.318. The summed E-state index contributed by atoms with van der Waals surface area (Å²) in [4.78, 5) is 2.18. The van der Waals surface area contributed by atoms with Gasteiger partial charge in [0.1, 0.15) is 17.6 Å². The second-order valence-electron chi connectivity index (χ2n) is 6.25. The summed E-state index contributed by atoms with van der Waals surface area (Å²) in [6.45, 7) is 3.51. The molecule has 3 rings (SSSR count). The van der Waals surface area contributed by atoms with Crippen LogP contribution in [0.15, 0.2) is 42.7 Å². The molecule has 6 heteroatoms. The number of aromatic nitrogens is 3. The van der Waals surface area contributed by atoms with Crippen molar-refractivity contribution in [2.24, 2.45) is 7.05 Å². The lowest BCUT2D eigenvalue weighted by Crippen LogP contribution is -2.17. The van der Waals surface area contributed by atoms with Crippen molar-refractivity contribution < 1.29 is 4.39 Å². The van der Waals surface area contributed by atoms with Gasteiger partial charge in [-0.2, -0.15) is 10.4 Å². The first-order valence-corrected chi connectivity index (χ1v) is 8.01. The highest BCUT2D eigenvalue weighted by Crippen LogP contribution is 2.17. The number of halogens is 1. The van der Waals surface area contributed by atoms with Gasteiger partial charge in [-0.05, 0) is 49.9 Å². The van der Waals surface area contributed by atoms with E-state index < -0.39 is 0 Å². The van der Waals surface area contributed by atoms with Gasteiger partial charge in [-0.25, -0.2) is 9.07 Å². The molecule has 0 bridgehead atoms. The molecular formula is C19H20FN5. The van der Waals surface area contributed by atoms with E-state index in [-0.39, 0.29) is 5.82 Å². The van der Waals surface area contributed by atoms with Gasteiger partial charge < -0.3 is 4.57 Å². The molecule has 0 unspecified atom stereocenters. The number of hydrogen-bond donors (Lipinski definition) is 0. The van der Waals surface area contributed by atoms with Crippen LogP contribution in [-0.2, 0) is 20.1 Å². The zero-order chi connectivity index (χ0) is 18.0. The van der Waals surface area contributed by atoms with Crippen LogP contribution in [0.5, 0.6) is 0 Å². The van der Waals surface area contributed by atoms with Gasteiger partial charge in [0, 0.05) is 37.6 Å². The molecule has 0 aliphatic rings. The Morgan fingerprint density at radius 2 is 1.96 bits per heavy atom. The zero-order valence-corrected chi connectivity index (χ0v) is 14.6. The molecule has 0 saturated heterocycles. The van der Waals surface area contributed by atoms with Crippen molar-refractivity contribution >= 4 is 0 Å². The number of nitrogens with zero attached hydrogens (tertiary/aromatic N) is 5. The van der Waals surface area contributed by atoms with E-state index in [0.29, 0.717) is 5.69 Å². The van der Waals surface area contributed by atoms with Gasteiger partial charge >= 0.3 is 0 Å². The fraction of sp³-hybridized carbons (Fsp3) is 0.263. The van der Waals surface area contributed by atoms with Crippen LogP contribution in [0.2, 0.25) is 0 Å². The van der Waals surface area contributed by atoms with Crippen LogP contribution in [0.4, 0.5) is 4.39 Å². The molecule has 0 fully saturated rings. The predicted molar refractivity (Wildman–Crippen MR) is 93.6 cm³/mol. The Balaban J connectivity index is 1.69. The fourth-order valence-corrected chi connectivity index (χ4v) is 2.86. The van der Waals surface area contributed by atoms with E-state index in [1.165, 1.54) is 12.1 Å². The second kappa shape index (κ2) is 6.91. The fourth-order valence-electron chi connectivity index (χ4n) is 2.86. The van der Waals surface area contributed by atoms with Gasteiger partial charge in [0.05, 0.1) is 11.9 Å². The first kappa shape index (κ1) is 16.9. The minimum atomic E-state index is -0.258. The SMILES string of the molecule is Cc1c(CN(C)Cc2cnn(-c3ccc(F)cc3)c2)cc(C#N)n1C. The molecular weight excluding hydrogens is 317 g/mol. The van der Waals surface area contributed by atoms with Crippen LogP contribution in [-0.4, -0.2) is 26.3 Å². The van der Waals surface area contributed by atoms with Crippen molar-refractivity contribution in [1.82, 2.24) is 19.2 Å². The van der Waals surface area contributed by atoms with E-state index in [2.05, 4.69) is 16.1 Å². The van der Waals surface area contributed by atoms with Gasteiger partial charge in [-0.1, -0.05) is 0 Å². The van der Waals surface area contributed by atoms with Crippen LogP contribution < -0.4 is 0 Å². The van der Waals surface area contributed by atoms with Crippen LogP contribution >= 0.6 is 0 Å². The molecule has 128 valence electrons.